The second-order valence-corrected chi connectivity index (χ2v) is 4.79. The quantitative estimate of drug-likeness (QED) is 0.601. The number of hydrogen-bond acceptors (Lipinski definition) is 4. The van der Waals surface area contributed by atoms with Gasteiger partial charge in [0.1, 0.15) is 11.6 Å². The van der Waals surface area contributed by atoms with Crippen LogP contribution in [0.3, 0.4) is 0 Å². The van der Waals surface area contributed by atoms with E-state index in [1.54, 1.807) is 13.3 Å². The maximum Gasteiger partial charge on any atom is 0.135 e. The standard InChI is InChI=1S/C17H21N3O/c1-3-4-10-19-17-15(9-6-11-20-17)16(18)13-7-5-8-14(12-13)21-2/h5-9,11-12,18H,3-4,10H2,1-2H3,(H,19,20). The van der Waals surface area contributed by atoms with Gasteiger partial charge in [0.05, 0.1) is 12.8 Å². The highest BCUT2D eigenvalue weighted by Crippen LogP contribution is 2.20. The molecule has 1 aromatic carbocycles. The Bertz CT molecular complexity index is 610. The van der Waals surface area contributed by atoms with Gasteiger partial charge in [-0.25, -0.2) is 4.98 Å². The van der Waals surface area contributed by atoms with Crippen LogP contribution in [0.4, 0.5) is 5.82 Å². The van der Waals surface area contributed by atoms with E-state index in [9.17, 15) is 0 Å². The molecule has 0 fully saturated rings. The smallest absolute Gasteiger partial charge is 0.135 e. The summed E-state index contributed by atoms with van der Waals surface area (Å²) in [4.78, 5) is 4.36. The van der Waals surface area contributed by atoms with Crippen molar-refractivity contribution in [1.29, 1.82) is 5.41 Å². The first-order valence-electron chi connectivity index (χ1n) is 7.18. The van der Waals surface area contributed by atoms with Crippen molar-refractivity contribution in [2.24, 2.45) is 0 Å². The summed E-state index contributed by atoms with van der Waals surface area (Å²) >= 11 is 0. The number of hydrogen-bond donors (Lipinski definition) is 2. The molecule has 21 heavy (non-hydrogen) atoms. The summed E-state index contributed by atoms with van der Waals surface area (Å²) in [7, 11) is 1.63. The van der Waals surface area contributed by atoms with Gasteiger partial charge in [-0.3, -0.25) is 5.41 Å². The maximum atomic E-state index is 8.43. The van der Waals surface area contributed by atoms with Crippen LogP contribution in [-0.2, 0) is 0 Å². The minimum atomic E-state index is 0.445. The van der Waals surface area contributed by atoms with Gasteiger partial charge in [-0.05, 0) is 30.7 Å². The van der Waals surface area contributed by atoms with Crippen LogP contribution in [0.25, 0.3) is 0 Å². The fourth-order valence-corrected chi connectivity index (χ4v) is 2.07. The van der Waals surface area contributed by atoms with Gasteiger partial charge in [-0.2, -0.15) is 0 Å². The summed E-state index contributed by atoms with van der Waals surface area (Å²) in [5, 5.41) is 11.7. The molecule has 1 heterocycles. The molecule has 1 aromatic heterocycles. The van der Waals surface area contributed by atoms with Crippen LogP contribution in [-0.4, -0.2) is 24.4 Å². The summed E-state index contributed by atoms with van der Waals surface area (Å²) in [5.74, 6) is 1.51. The average Bonchev–Trinajstić information content (AvgIpc) is 2.55. The number of benzene rings is 1. The molecule has 0 bridgehead atoms. The molecule has 4 heteroatoms. The van der Waals surface area contributed by atoms with E-state index < -0.39 is 0 Å². The predicted octanol–water partition coefficient (Wildman–Crippen LogP) is 3.72. The largest absolute Gasteiger partial charge is 0.497 e. The first kappa shape index (κ1) is 15.0. The van der Waals surface area contributed by atoms with Crippen molar-refractivity contribution >= 4 is 11.5 Å². The fraction of sp³-hybridized carbons (Fsp3) is 0.294. The van der Waals surface area contributed by atoms with E-state index in [1.165, 1.54) is 0 Å². The molecule has 2 aromatic rings. The Labute approximate surface area is 125 Å². The lowest BCUT2D eigenvalue weighted by molar-refractivity contribution is 0.414. The molecule has 0 atom stereocenters. The van der Waals surface area contributed by atoms with Crippen LogP contribution in [0.15, 0.2) is 42.6 Å². The zero-order valence-electron chi connectivity index (χ0n) is 12.5. The Morgan fingerprint density at radius 3 is 2.90 bits per heavy atom. The molecule has 4 nitrogen and oxygen atoms in total. The van der Waals surface area contributed by atoms with Crippen molar-refractivity contribution < 1.29 is 4.74 Å². The molecular weight excluding hydrogens is 262 g/mol. The van der Waals surface area contributed by atoms with E-state index in [1.807, 2.05) is 36.4 Å². The van der Waals surface area contributed by atoms with E-state index in [2.05, 4.69) is 17.2 Å². The van der Waals surface area contributed by atoms with Gasteiger partial charge in [-0.15, -0.1) is 0 Å². The van der Waals surface area contributed by atoms with E-state index in [-0.39, 0.29) is 0 Å². The van der Waals surface area contributed by atoms with E-state index in [0.717, 1.165) is 42.1 Å². The highest BCUT2D eigenvalue weighted by Gasteiger charge is 2.11. The Kier molecular flexibility index (Phi) is 5.32. The Balaban J connectivity index is 2.25. The highest BCUT2D eigenvalue weighted by atomic mass is 16.5. The van der Waals surface area contributed by atoms with E-state index in [0.29, 0.717) is 5.71 Å². The van der Waals surface area contributed by atoms with Gasteiger partial charge >= 0.3 is 0 Å². The lowest BCUT2D eigenvalue weighted by atomic mass is 10.0. The summed E-state index contributed by atoms with van der Waals surface area (Å²) < 4.78 is 5.22. The van der Waals surface area contributed by atoms with Crippen molar-refractivity contribution in [2.75, 3.05) is 19.0 Å². The third-order valence-corrected chi connectivity index (χ3v) is 3.26. The van der Waals surface area contributed by atoms with Gasteiger partial charge in [0, 0.05) is 23.9 Å². The summed E-state index contributed by atoms with van der Waals surface area (Å²) in [5.41, 5.74) is 2.07. The molecule has 0 unspecified atom stereocenters. The molecule has 0 aliphatic carbocycles. The second kappa shape index (κ2) is 7.43. The molecule has 0 aliphatic rings. The van der Waals surface area contributed by atoms with Crippen LogP contribution in [0.1, 0.15) is 30.9 Å². The molecule has 0 radical (unpaired) electrons. The van der Waals surface area contributed by atoms with Gasteiger partial charge in [0.15, 0.2) is 0 Å². The molecular formula is C17H21N3O. The van der Waals surface area contributed by atoms with Crippen LogP contribution >= 0.6 is 0 Å². The first-order chi connectivity index (χ1) is 10.3. The number of methoxy groups -OCH3 is 1. The van der Waals surface area contributed by atoms with Gasteiger partial charge < -0.3 is 10.1 Å². The maximum absolute atomic E-state index is 8.43. The van der Waals surface area contributed by atoms with Gasteiger partial charge in [0.2, 0.25) is 0 Å². The lowest BCUT2D eigenvalue weighted by Gasteiger charge is -2.12. The van der Waals surface area contributed by atoms with Crippen LogP contribution < -0.4 is 10.1 Å². The Hall–Kier alpha value is -2.36. The minimum Gasteiger partial charge on any atom is -0.497 e. The zero-order valence-corrected chi connectivity index (χ0v) is 12.5. The molecule has 0 spiro atoms. The SMILES string of the molecule is CCCCNc1ncccc1C(=N)c1cccc(OC)c1. The lowest BCUT2D eigenvalue weighted by Crippen LogP contribution is -2.10. The molecule has 2 rings (SSSR count). The number of anilines is 1. The molecule has 2 N–H and O–H groups in total. The Morgan fingerprint density at radius 2 is 2.14 bits per heavy atom. The van der Waals surface area contributed by atoms with Gasteiger partial charge in [-0.1, -0.05) is 25.5 Å². The number of unbranched alkanes of at least 4 members (excludes halogenated alkanes) is 1. The van der Waals surface area contributed by atoms with Crippen LogP contribution in [0.2, 0.25) is 0 Å². The summed E-state index contributed by atoms with van der Waals surface area (Å²) in [6.45, 7) is 3.02. The van der Waals surface area contributed by atoms with Gasteiger partial charge in [0.25, 0.3) is 0 Å². The molecule has 0 saturated carbocycles. The summed E-state index contributed by atoms with van der Waals surface area (Å²) in [6.07, 6.45) is 3.96. The average molecular weight is 283 g/mol. The Morgan fingerprint density at radius 1 is 1.29 bits per heavy atom. The zero-order chi connectivity index (χ0) is 15.1. The topological polar surface area (TPSA) is 58.0 Å². The summed E-state index contributed by atoms with van der Waals surface area (Å²) in [6, 6.07) is 11.3. The molecule has 110 valence electrons. The number of ether oxygens (including phenoxy) is 1. The predicted molar refractivity (Wildman–Crippen MR) is 86.6 cm³/mol. The number of nitrogens with one attached hydrogen (secondary N) is 2. The molecule has 0 amide bonds. The van der Waals surface area contributed by atoms with Crippen molar-refractivity contribution in [3.05, 3.63) is 53.7 Å². The van der Waals surface area contributed by atoms with Crippen molar-refractivity contribution in [3.8, 4) is 5.75 Å². The van der Waals surface area contributed by atoms with Crippen molar-refractivity contribution in [2.45, 2.75) is 19.8 Å². The number of rotatable bonds is 7. The van der Waals surface area contributed by atoms with Crippen molar-refractivity contribution in [1.82, 2.24) is 4.98 Å². The second-order valence-electron chi connectivity index (χ2n) is 4.79. The third kappa shape index (κ3) is 3.81. The fourth-order valence-electron chi connectivity index (χ4n) is 2.07. The first-order valence-corrected chi connectivity index (χ1v) is 7.18. The third-order valence-electron chi connectivity index (χ3n) is 3.26. The minimum absolute atomic E-state index is 0.445. The monoisotopic (exact) mass is 283 g/mol. The number of aromatic nitrogens is 1. The van der Waals surface area contributed by atoms with Crippen LogP contribution in [0.5, 0.6) is 5.75 Å². The van der Waals surface area contributed by atoms with E-state index >= 15 is 0 Å². The van der Waals surface area contributed by atoms with Crippen molar-refractivity contribution in [3.63, 3.8) is 0 Å². The normalized spacial score (nSPS) is 10.2. The number of nitrogens with zero attached hydrogens (tertiary/aromatic N) is 1. The van der Waals surface area contributed by atoms with Crippen LogP contribution in [0, 0.1) is 5.41 Å². The molecule has 0 saturated heterocycles. The molecule has 0 aliphatic heterocycles. The van der Waals surface area contributed by atoms with E-state index in [4.69, 9.17) is 10.1 Å². The highest BCUT2D eigenvalue weighted by molar-refractivity contribution is 6.13. The number of pyridine rings is 1.